The van der Waals surface area contributed by atoms with E-state index in [1.54, 1.807) is 0 Å². The van der Waals surface area contributed by atoms with E-state index in [1.165, 1.54) is 65.3 Å². The van der Waals surface area contributed by atoms with Gasteiger partial charge >= 0.3 is 0 Å². The molecule has 0 aliphatic heterocycles. The lowest BCUT2D eigenvalue weighted by Crippen LogP contribution is -1.91. The molecule has 0 bridgehead atoms. The van der Waals surface area contributed by atoms with Crippen molar-refractivity contribution in [3.63, 3.8) is 0 Å². The van der Waals surface area contributed by atoms with E-state index in [-0.39, 0.29) is 0 Å². The largest absolute Gasteiger partial charge is 0.248 e. The zero-order chi connectivity index (χ0) is 34.4. The van der Waals surface area contributed by atoms with Gasteiger partial charge in [-0.15, -0.1) is 0 Å². The summed E-state index contributed by atoms with van der Waals surface area (Å²) in [5.74, 6) is 0. The van der Waals surface area contributed by atoms with Crippen molar-refractivity contribution in [3.05, 3.63) is 200 Å². The first-order valence-corrected chi connectivity index (χ1v) is 17.9. The zero-order valence-corrected chi connectivity index (χ0v) is 28.5. The van der Waals surface area contributed by atoms with E-state index >= 15 is 0 Å². The number of rotatable bonds is 5. The molecule has 10 rings (SSSR count). The molecule has 1 aromatic heterocycles. The van der Waals surface area contributed by atoms with Gasteiger partial charge in [0, 0.05) is 11.1 Å². The Morgan fingerprint density at radius 1 is 0.231 bits per heavy atom. The van der Waals surface area contributed by atoms with Crippen LogP contribution in [0, 0.1) is 0 Å². The molecule has 0 aliphatic carbocycles. The SMILES string of the molecule is c1ccc(-c2cc(-c3ccc(-c4cc5c6ccccc6c(-c6cccc7ccccc67)cc5c5ccccc45)cc3)cc(-c3ccccc3)n2)cc1. The average Bonchev–Trinajstić information content (AvgIpc) is 3.23. The molecule has 1 heterocycles. The standard InChI is InChI=1S/C51H33N/c1-3-15-37(16-4-1)50-30-39(31-51(52-50)38-17-5-2-6-18-38)34-26-28-36(29-27-34)46-32-48-45-24-12-11-23-44(45)47(33-49(48)43-22-10-9-21-42(43)46)41-25-13-19-35-14-7-8-20-40(35)41/h1-33H. The van der Waals surface area contributed by atoms with Gasteiger partial charge in [0.15, 0.2) is 0 Å². The smallest absolute Gasteiger partial charge is 0.0715 e. The fraction of sp³-hybridized carbons (Fsp3) is 0. The highest BCUT2D eigenvalue weighted by Gasteiger charge is 2.16. The highest BCUT2D eigenvalue weighted by molar-refractivity contribution is 6.24. The summed E-state index contributed by atoms with van der Waals surface area (Å²) in [6, 6.07) is 72.3. The van der Waals surface area contributed by atoms with Gasteiger partial charge in [0.05, 0.1) is 11.4 Å². The summed E-state index contributed by atoms with van der Waals surface area (Å²) in [5, 5.41) is 10.1. The van der Waals surface area contributed by atoms with Crippen LogP contribution < -0.4 is 0 Å². The molecule has 0 saturated carbocycles. The van der Waals surface area contributed by atoms with Crippen LogP contribution in [-0.4, -0.2) is 4.98 Å². The number of benzene rings is 9. The van der Waals surface area contributed by atoms with Crippen molar-refractivity contribution in [1.29, 1.82) is 0 Å². The Morgan fingerprint density at radius 3 is 1.31 bits per heavy atom. The molecule has 1 heteroatoms. The Morgan fingerprint density at radius 2 is 0.692 bits per heavy atom. The lowest BCUT2D eigenvalue weighted by Gasteiger charge is -2.17. The third-order valence-electron chi connectivity index (χ3n) is 10.5. The van der Waals surface area contributed by atoms with Crippen molar-refractivity contribution >= 4 is 43.1 Å². The van der Waals surface area contributed by atoms with Gasteiger partial charge in [0.2, 0.25) is 0 Å². The summed E-state index contributed by atoms with van der Waals surface area (Å²) in [5.41, 5.74) is 11.4. The number of hydrogen-bond donors (Lipinski definition) is 0. The monoisotopic (exact) mass is 659 g/mol. The third-order valence-corrected chi connectivity index (χ3v) is 10.5. The summed E-state index contributed by atoms with van der Waals surface area (Å²) in [7, 11) is 0. The van der Waals surface area contributed by atoms with Crippen LogP contribution in [0.15, 0.2) is 200 Å². The van der Waals surface area contributed by atoms with Gasteiger partial charge in [-0.2, -0.15) is 0 Å². The van der Waals surface area contributed by atoms with Crippen LogP contribution in [-0.2, 0) is 0 Å². The highest BCUT2D eigenvalue weighted by Crippen LogP contribution is 2.43. The summed E-state index contributed by atoms with van der Waals surface area (Å²) >= 11 is 0. The third kappa shape index (κ3) is 5.14. The molecule has 0 saturated heterocycles. The molecule has 0 radical (unpaired) electrons. The summed E-state index contributed by atoms with van der Waals surface area (Å²) in [6.45, 7) is 0. The minimum absolute atomic E-state index is 0.969. The second-order valence-corrected chi connectivity index (χ2v) is 13.5. The van der Waals surface area contributed by atoms with Crippen LogP contribution in [0.5, 0.6) is 0 Å². The summed E-state index contributed by atoms with van der Waals surface area (Å²) < 4.78 is 0. The maximum atomic E-state index is 5.09. The van der Waals surface area contributed by atoms with Crippen molar-refractivity contribution in [2.45, 2.75) is 0 Å². The van der Waals surface area contributed by atoms with Crippen LogP contribution in [0.2, 0.25) is 0 Å². The molecule has 10 aromatic rings. The van der Waals surface area contributed by atoms with Crippen LogP contribution in [0.3, 0.4) is 0 Å². The molecule has 1 nitrogen and oxygen atoms in total. The van der Waals surface area contributed by atoms with Crippen molar-refractivity contribution in [1.82, 2.24) is 4.98 Å². The van der Waals surface area contributed by atoms with Gasteiger partial charge in [0.25, 0.3) is 0 Å². The van der Waals surface area contributed by atoms with Crippen LogP contribution >= 0.6 is 0 Å². The second-order valence-electron chi connectivity index (χ2n) is 13.5. The predicted octanol–water partition coefficient (Wildman–Crippen LogP) is 14.0. The van der Waals surface area contributed by atoms with E-state index in [1.807, 2.05) is 12.1 Å². The first-order valence-electron chi connectivity index (χ1n) is 17.9. The molecule has 9 aromatic carbocycles. The molecule has 0 fully saturated rings. The minimum Gasteiger partial charge on any atom is -0.248 e. The number of aromatic nitrogens is 1. The molecule has 242 valence electrons. The van der Waals surface area contributed by atoms with Crippen molar-refractivity contribution in [2.75, 3.05) is 0 Å². The molecule has 0 N–H and O–H groups in total. The summed E-state index contributed by atoms with van der Waals surface area (Å²) in [4.78, 5) is 5.09. The first-order chi connectivity index (χ1) is 25.8. The Bertz CT molecular complexity index is 2860. The molecular formula is C51H33N. The van der Waals surface area contributed by atoms with E-state index < -0.39 is 0 Å². The quantitative estimate of drug-likeness (QED) is 0.168. The second kappa shape index (κ2) is 12.5. The Balaban J connectivity index is 1.14. The Labute approximate surface area is 303 Å². The fourth-order valence-corrected chi connectivity index (χ4v) is 7.93. The molecule has 0 atom stereocenters. The number of nitrogens with zero attached hydrogens (tertiary/aromatic N) is 1. The van der Waals surface area contributed by atoms with E-state index in [0.717, 1.165) is 33.6 Å². The number of pyridine rings is 1. The zero-order valence-electron chi connectivity index (χ0n) is 28.5. The number of fused-ring (bicyclic) bond motifs is 6. The van der Waals surface area contributed by atoms with Crippen molar-refractivity contribution < 1.29 is 0 Å². The molecule has 0 amide bonds. The van der Waals surface area contributed by atoms with Crippen LogP contribution in [0.25, 0.3) is 99.0 Å². The Hall–Kier alpha value is -6.83. The average molecular weight is 660 g/mol. The van der Waals surface area contributed by atoms with E-state index in [4.69, 9.17) is 4.98 Å². The predicted molar refractivity (Wildman–Crippen MR) is 221 cm³/mol. The van der Waals surface area contributed by atoms with E-state index in [2.05, 4.69) is 188 Å². The van der Waals surface area contributed by atoms with Gasteiger partial charge < -0.3 is 0 Å². The lowest BCUT2D eigenvalue weighted by molar-refractivity contribution is 1.32. The van der Waals surface area contributed by atoms with Gasteiger partial charge in [-0.05, 0) is 101 Å². The topological polar surface area (TPSA) is 12.9 Å². The van der Waals surface area contributed by atoms with Gasteiger partial charge in [0.1, 0.15) is 0 Å². The lowest BCUT2D eigenvalue weighted by atomic mass is 9.86. The molecule has 0 aliphatic rings. The number of hydrogen-bond acceptors (Lipinski definition) is 1. The van der Waals surface area contributed by atoms with E-state index in [9.17, 15) is 0 Å². The van der Waals surface area contributed by atoms with Gasteiger partial charge in [-0.3, -0.25) is 0 Å². The first kappa shape index (κ1) is 30.0. The van der Waals surface area contributed by atoms with Crippen LogP contribution in [0.4, 0.5) is 0 Å². The fourth-order valence-electron chi connectivity index (χ4n) is 7.93. The van der Waals surface area contributed by atoms with Gasteiger partial charge in [-0.25, -0.2) is 4.98 Å². The van der Waals surface area contributed by atoms with Gasteiger partial charge in [-0.1, -0.05) is 176 Å². The maximum Gasteiger partial charge on any atom is 0.0715 e. The van der Waals surface area contributed by atoms with Crippen LogP contribution in [0.1, 0.15) is 0 Å². The Kier molecular flexibility index (Phi) is 7.22. The van der Waals surface area contributed by atoms with E-state index in [0.29, 0.717) is 0 Å². The summed E-state index contributed by atoms with van der Waals surface area (Å²) in [6.07, 6.45) is 0. The highest BCUT2D eigenvalue weighted by atomic mass is 14.7. The maximum absolute atomic E-state index is 5.09. The normalized spacial score (nSPS) is 11.5. The molecule has 52 heavy (non-hydrogen) atoms. The van der Waals surface area contributed by atoms with Crippen molar-refractivity contribution in [2.24, 2.45) is 0 Å². The molecule has 0 unspecified atom stereocenters. The molecule has 0 spiro atoms. The minimum atomic E-state index is 0.969. The van der Waals surface area contributed by atoms with Crippen molar-refractivity contribution in [3.8, 4) is 55.9 Å². The molecular weight excluding hydrogens is 627 g/mol.